The SMILES string of the molecule is NCCC1CCCCN1Cc1ccn(C2CCCCC2)n1. The Morgan fingerprint density at radius 2 is 1.90 bits per heavy atom. The van der Waals surface area contributed by atoms with E-state index >= 15 is 0 Å². The first-order chi connectivity index (χ1) is 10.4. The fourth-order valence-corrected chi connectivity index (χ4v) is 4.01. The fraction of sp³-hybridized carbons (Fsp3) is 0.824. The predicted molar refractivity (Wildman–Crippen MR) is 86.1 cm³/mol. The van der Waals surface area contributed by atoms with Crippen LogP contribution in [0.3, 0.4) is 0 Å². The third-order valence-corrected chi connectivity index (χ3v) is 5.23. The Morgan fingerprint density at radius 1 is 1.10 bits per heavy atom. The van der Waals surface area contributed by atoms with Gasteiger partial charge in [0.2, 0.25) is 0 Å². The molecular weight excluding hydrogens is 260 g/mol. The molecule has 0 amide bonds. The molecular formula is C17H30N4. The van der Waals surface area contributed by atoms with Gasteiger partial charge in [0.25, 0.3) is 0 Å². The van der Waals surface area contributed by atoms with Crippen molar-refractivity contribution in [2.24, 2.45) is 5.73 Å². The van der Waals surface area contributed by atoms with Crippen molar-refractivity contribution in [3.05, 3.63) is 18.0 Å². The van der Waals surface area contributed by atoms with Gasteiger partial charge in [-0.3, -0.25) is 9.58 Å². The highest BCUT2D eigenvalue weighted by Gasteiger charge is 2.23. The molecule has 2 N–H and O–H groups in total. The molecule has 0 radical (unpaired) electrons. The summed E-state index contributed by atoms with van der Waals surface area (Å²) >= 11 is 0. The molecule has 2 aliphatic rings. The number of likely N-dealkylation sites (tertiary alicyclic amines) is 1. The molecule has 4 heteroatoms. The van der Waals surface area contributed by atoms with Gasteiger partial charge in [-0.05, 0) is 51.3 Å². The van der Waals surface area contributed by atoms with E-state index in [0.717, 1.165) is 19.5 Å². The minimum absolute atomic E-state index is 0.647. The van der Waals surface area contributed by atoms with Crippen LogP contribution in [0.1, 0.15) is 69.5 Å². The number of nitrogens with zero attached hydrogens (tertiary/aromatic N) is 3. The molecule has 1 saturated heterocycles. The Labute approximate surface area is 128 Å². The Kier molecular flexibility index (Phi) is 5.31. The summed E-state index contributed by atoms with van der Waals surface area (Å²) in [4.78, 5) is 2.60. The van der Waals surface area contributed by atoms with Crippen molar-refractivity contribution in [1.29, 1.82) is 0 Å². The number of hydrogen-bond donors (Lipinski definition) is 1. The fourth-order valence-electron chi connectivity index (χ4n) is 4.01. The van der Waals surface area contributed by atoms with E-state index in [1.807, 2.05) is 0 Å². The first-order valence-corrected chi connectivity index (χ1v) is 8.85. The lowest BCUT2D eigenvalue weighted by Gasteiger charge is -2.35. The number of hydrogen-bond acceptors (Lipinski definition) is 3. The summed E-state index contributed by atoms with van der Waals surface area (Å²) in [5, 5.41) is 4.87. The number of rotatable bonds is 5. The van der Waals surface area contributed by atoms with Crippen molar-refractivity contribution < 1.29 is 0 Å². The monoisotopic (exact) mass is 290 g/mol. The third-order valence-electron chi connectivity index (χ3n) is 5.23. The second kappa shape index (κ2) is 7.41. The summed E-state index contributed by atoms with van der Waals surface area (Å²) in [6.45, 7) is 3.02. The highest BCUT2D eigenvalue weighted by Crippen LogP contribution is 2.28. The van der Waals surface area contributed by atoms with E-state index in [1.54, 1.807) is 0 Å². The highest BCUT2D eigenvalue weighted by molar-refractivity contribution is 5.01. The van der Waals surface area contributed by atoms with E-state index in [2.05, 4.69) is 21.8 Å². The van der Waals surface area contributed by atoms with Crippen molar-refractivity contribution in [2.45, 2.75) is 76.4 Å². The Hall–Kier alpha value is -0.870. The van der Waals surface area contributed by atoms with Crippen LogP contribution in [-0.4, -0.2) is 33.8 Å². The molecule has 0 bridgehead atoms. The maximum Gasteiger partial charge on any atom is 0.0765 e. The van der Waals surface area contributed by atoms with Gasteiger partial charge in [0.1, 0.15) is 0 Å². The minimum Gasteiger partial charge on any atom is -0.330 e. The number of aromatic nitrogens is 2. The molecule has 2 fully saturated rings. The smallest absolute Gasteiger partial charge is 0.0765 e. The van der Waals surface area contributed by atoms with Gasteiger partial charge >= 0.3 is 0 Å². The average molecular weight is 290 g/mol. The molecule has 1 aliphatic carbocycles. The normalized spacial score (nSPS) is 25.3. The summed E-state index contributed by atoms with van der Waals surface area (Å²) in [5.74, 6) is 0. The summed E-state index contributed by atoms with van der Waals surface area (Å²) in [7, 11) is 0. The molecule has 2 heterocycles. The van der Waals surface area contributed by atoms with Gasteiger partial charge in [0, 0.05) is 18.8 Å². The van der Waals surface area contributed by atoms with E-state index < -0.39 is 0 Å². The van der Waals surface area contributed by atoms with Gasteiger partial charge in [0.15, 0.2) is 0 Å². The van der Waals surface area contributed by atoms with E-state index in [-0.39, 0.29) is 0 Å². The van der Waals surface area contributed by atoms with Crippen LogP contribution >= 0.6 is 0 Å². The van der Waals surface area contributed by atoms with Crippen molar-refractivity contribution in [2.75, 3.05) is 13.1 Å². The Morgan fingerprint density at radius 3 is 2.71 bits per heavy atom. The maximum atomic E-state index is 5.77. The molecule has 21 heavy (non-hydrogen) atoms. The molecule has 1 saturated carbocycles. The molecule has 1 aliphatic heterocycles. The predicted octanol–water partition coefficient (Wildman–Crippen LogP) is 3.09. The molecule has 4 nitrogen and oxygen atoms in total. The van der Waals surface area contributed by atoms with Gasteiger partial charge in [-0.2, -0.15) is 5.10 Å². The average Bonchev–Trinajstić information content (AvgIpc) is 2.99. The van der Waals surface area contributed by atoms with E-state index in [4.69, 9.17) is 10.8 Å². The van der Waals surface area contributed by atoms with Crippen LogP contribution in [0.25, 0.3) is 0 Å². The van der Waals surface area contributed by atoms with Crippen LogP contribution in [0.5, 0.6) is 0 Å². The third kappa shape index (κ3) is 3.86. The lowest BCUT2D eigenvalue weighted by Crippen LogP contribution is -2.40. The largest absolute Gasteiger partial charge is 0.330 e. The quantitative estimate of drug-likeness (QED) is 0.906. The molecule has 1 unspecified atom stereocenters. The number of piperidine rings is 1. The molecule has 3 rings (SSSR count). The van der Waals surface area contributed by atoms with Gasteiger partial charge in [-0.15, -0.1) is 0 Å². The zero-order valence-corrected chi connectivity index (χ0v) is 13.2. The van der Waals surface area contributed by atoms with Crippen molar-refractivity contribution in [1.82, 2.24) is 14.7 Å². The molecule has 0 spiro atoms. The zero-order chi connectivity index (χ0) is 14.5. The first kappa shape index (κ1) is 15.0. The lowest BCUT2D eigenvalue weighted by atomic mass is 9.96. The van der Waals surface area contributed by atoms with Crippen molar-refractivity contribution in [3.63, 3.8) is 0 Å². The Balaban J connectivity index is 1.60. The molecule has 0 aromatic carbocycles. The van der Waals surface area contributed by atoms with E-state index in [1.165, 1.54) is 63.6 Å². The van der Waals surface area contributed by atoms with Gasteiger partial charge in [0.05, 0.1) is 11.7 Å². The maximum absolute atomic E-state index is 5.77. The Bertz CT molecular complexity index is 420. The van der Waals surface area contributed by atoms with Crippen LogP contribution in [0.4, 0.5) is 0 Å². The topological polar surface area (TPSA) is 47.1 Å². The molecule has 1 aromatic rings. The van der Waals surface area contributed by atoms with Gasteiger partial charge in [-0.1, -0.05) is 25.7 Å². The van der Waals surface area contributed by atoms with Crippen molar-refractivity contribution in [3.8, 4) is 0 Å². The van der Waals surface area contributed by atoms with Gasteiger partial charge < -0.3 is 5.73 Å². The van der Waals surface area contributed by atoms with E-state index in [9.17, 15) is 0 Å². The lowest BCUT2D eigenvalue weighted by molar-refractivity contribution is 0.132. The summed E-state index contributed by atoms with van der Waals surface area (Å²) < 4.78 is 2.23. The van der Waals surface area contributed by atoms with E-state index in [0.29, 0.717) is 12.1 Å². The second-order valence-corrected chi connectivity index (χ2v) is 6.78. The summed E-state index contributed by atoms with van der Waals surface area (Å²) in [6, 6.07) is 3.54. The summed E-state index contributed by atoms with van der Waals surface area (Å²) in [5.41, 5.74) is 7.01. The standard InChI is InChI=1S/C17H30N4/c18-11-9-16-6-4-5-12-20(16)14-15-10-13-21(19-15)17-7-2-1-3-8-17/h10,13,16-17H,1-9,11-12,14,18H2. The van der Waals surface area contributed by atoms with Gasteiger partial charge in [-0.25, -0.2) is 0 Å². The van der Waals surface area contributed by atoms with Crippen molar-refractivity contribution >= 4 is 0 Å². The second-order valence-electron chi connectivity index (χ2n) is 6.78. The highest BCUT2D eigenvalue weighted by atomic mass is 15.3. The van der Waals surface area contributed by atoms with Crippen LogP contribution < -0.4 is 5.73 Å². The number of nitrogens with two attached hydrogens (primary N) is 1. The van der Waals surface area contributed by atoms with Crippen LogP contribution in [0.15, 0.2) is 12.3 Å². The molecule has 1 atom stereocenters. The van der Waals surface area contributed by atoms with Crippen LogP contribution in [-0.2, 0) is 6.54 Å². The summed E-state index contributed by atoms with van der Waals surface area (Å²) in [6.07, 6.45) is 14.1. The van der Waals surface area contributed by atoms with Crippen LogP contribution in [0, 0.1) is 0 Å². The first-order valence-electron chi connectivity index (χ1n) is 8.85. The minimum atomic E-state index is 0.647. The molecule has 118 valence electrons. The molecule has 1 aromatic heterocycles. The van der Waals surface area contributed by atoms with Crippen LogP contribution in [0.2, 0.25) is 0 Å². The zero-order valence-electron chi connectivity index (χ0n) is 13.2.